The summed E-state index contributed by atoms with van der Waals surface area (Å²) in [6.45, 7) is 0. The predicted octanol–water partition coefficient (Wildman–Crippen LogP) is 1.53. The van der Waals surface area contributed by atoms with Crippen LogP contribution in [-0.2, 0) is 4.79 Å². The van der Waals surface area contributed by atoms with Crippen molar-refractivity contribution in [1.29, 1.82) is 0 Å². The highest BCUT2D eigenvalue weighted by Crippen LogP contribution is 2.51. The third-order valence-electron chi connectivity index (χ3n) is 4.51. The quantitative estimate of drug-likeness (QED) is 0.646. The number of nitrogens with zero attached hydrogens (tertiary/aromatic N) is 1. The van der Waals surface area contributed by atoms with Crippen LogP contribution in [0.4, 0.5) is 0 Å². The zero-order valence-corrected chi connectivity index (χ0v) is 10.4. The van der Waals surface area contributed by atoms with Gasteiger partial charge in [-0.2, -0.15) is 0 Å². The molecule has 1 aromatic carbocycles. The Morgan fingerprint density at radius 3 is 2.63 bits per heavy atom. The summed E-state index contributed by atoms with van der Waals surface area (Å²) in [5.74, 6) is -1.26. The summed E-state index contributed by atoms with van der Waals surface area (Å²) in [7, 11) is 0. The van der Waals surface area contributed by atoms with Gasteiger partial charge in [0.25, 0.3) is 6.04 Å². The lowest BCUT2D eigenvalue weighted by atomic mass is 9.82. The number of rotatable bonds is 2. The summed E-state index contributed by atoms with van der Waals surface area (Å²) in [5, 5.41) is 21.8. The molecule has 5 heteroatoms. The molecule has 2 aliphatic carbocycles. The maximum Gasteiger partial charge on any atom is 0.255 e. The van der Waals surface area contributed by atoms with E-state index in [1.165, 1.54) is 0 Å². The van der Waals surface area contributed by atoms with Crippen molar-refractivity contribution in [3.05, 3.63) is 46.0 Å². The average Bonchev–Trinajstić information content (AvgIpc) is 2.53. The maximum absolute atomic E-state index is 12.3. The molecular formula is C14H15NO4. The SMILES string of the molecule is O=C1C2CCCC1(O)[C@@H]([N+](=O)[O-])[C@@H]2c1ccccc1. The van der Waals surface area contributed by atoms with Gasteiger partial charge in [0.05, 0.1) is 5.92 Å². The van der Waals surface area contributed by atoms with Crippen LogP contribution in [0.15, 0.2) is 30.3 Å². The molecule has 1 N–H and O–H groups in total. The first-order chi connectivity index (χ1) is 9.05. The Balaban J connectivity index is 2.12. The fraction of sp³-hybridized carbons (Fsp3) is 0.500. The molecule has 0 spiro atoms. The molecule has 0 saturated heterocycles. The Bertz CT molecular complexity index is 530. The van der Waals surface area contributed by atoms with Gasteiger partial charge in [-0.25, -0.2) is 0 Å². The first-order valence-corrected chi connectivity index (χ1v) is 6.51. The number of hydrogen-bond acceptors (Lipinski definition) is 4. The van der Waals surface area contributed by atoms with Crippen LogP contribution in [0.2, 0.25) is 0 Å². The van der Waals surface area contributed by atoms with Gasteiger partial charge in [0.15, 0.2) is 11.4 Å². The topological polar surface area (TPSA) is 80.4 Å². The molecule has 0 aromatic heterocycles. The number of aliphatic hydroxyl groups is 1. The zero-order chi connectivity index (χ0) is 13.6. The number of ketones is 1. The Labute approximate surface area is 110 Å². The molecule has 2 aliphatic rings. The molecule has 2 unspecified atom stereocenters. The van der Waals surface area contributed by atoms with Crippen molar-refractivity contribution in [2.75, 3.05) is 0 Å². The van der Waals surface area contributed by atoms with Crippen LogP contribution in [0, 0.1) is 16.0 Å². The Morgan fingerprint density at radius 1 is 1.32 bits per heavy atom. The highest BCUT2D eigenvalue weighted by atomic mass is 16.6. The highest BCUT2D eigenvalue weighted by Gasteiger charge is 2.67. The highest BCUT2D eigenvalue weighted by molar-refractivity contribution is 5.94. The lowest BCUT2D eigenvalue weighted by Gasteiger charge is -2.25. The summed E-state index contributed by atoms with van der Waals surface area (Å²) in [6.07, 6.45) is 1.50. The number of carbonyl (C=O) groups is 1. The first kappa shape index (κ1) is 12.3. The smallest absolute Gasteiger partial charge is 0.255 e. The lowest BCUT2D eigenvalue weighted by molar-refractivity contribution is -0.542. The van der Waals surface area contributed by atoms with Crippen LogP contribution in [0.25, 0.3) is 0 Å². The Hall–Kier alpha value is -1.75. The third-order valence-corrected chi connectivity index (χ3v) is 4.51. The zero-order valence-electron chi connectivity index (χ0n) is 10.4. The first-order valence-electron chi connectivity index (χ1n) is 6.51. The summed E-state index contributed by atoms with van der Waals surface area (Å²) >= 11 is 0. The minimum atomic E-state index is -1.77. The summed E-state index contributed by atoms with van der Waals surface area (Å²) in [4.78, 5) is 23.2. The Kier molecular flexibility index (Phi) is 2.67. The molecule has 2 saturated carbocycles. The molecule has 0 aliphatic heterocycles. The minimum Gasteiger partial charge on any atom is -0.376 e. The molecule has 1 aromatic rings. The van der Waals surface area contributed by atoms with E-state index in [0.29, 0.717) is 12.8 Å². The Morgan fingerprint density at radius 2 is 2.00 bits per heavy atom. The van der Waals surface area contributed by atoms with E-state index < -0.39 is 28.4 Å². The average molecular weight is 261 g/mol. The van der Waals surface area contributed by atoms with Crippen molar-refractivity contribution in [2.24, 2.45) is 5.92 Å². The van der Waals surface area contributed by atoms with Crippen LogP contribution < -0.4 is 0 Å². The largest absolute Gasteiger partial charge is 0.376 e. The molecule has 100 valence electrons. The predicted molar refractivity (Wildman–Crippen MR) is 67.3 cm³/mol. The van der Waals surface area contributed by atoms with E-state index in [9.17, 15) is 20.0 Å². The second-order valence-electron chi connectivity index (χ2n) is 5.45. The van der Waals surface area contributed by atoms with Gasteiger partial charge in [-0.1, -0.05) is 30.3 Å². The third kappa shape index (κ3) is 1.61. The van der Waals surface area contributed by atoms with Gasteiger partial charge in [0.2, 0.25) is 0 Å². The van der Waals surface area contributed by atoms with E-state index >= 15 is 0 Å². The van der Waals surface area contributed by atoms with Crippen molar-refractivity contribution in [1.82, 2.24) is 0 Å². The van der Waals surface area contributed by atoms with Crippen molar-refractivity contribution < 1.29 is 14.8 Å². The minimum absolute atomic E-state index is 0.206. The normalized spacial score (nSPS) is 37.3. The molecule has 2 fully saturated rings. The van der Waals surface area contributed by atoms with E-state index in [4.69, 9.17) is 0 Å². The van der Waals surface area contributed by atoms with Gasteiger partial charge in [0, 0.05) is 10.8 Å². The van der Waals surface area contributed by atoms with Gasteiger partial charge in [-0.3, -0.25) is 14.9 Å². The number of hydrogen-bond donors (Lipinski definition) is 1. The second kappa shape index (κ2) is 4.13. The van der Waals surface area contributed by atoms with E-state index in [-0.39, 0.29) is 12.2 Å². The number of nitro groups is 1. The lowest BCUT2D eigenvalue weighted by Crippen LogP contribution is -2.49. The van der Waals surface area contributed by atoms with Crippen LogP contribution in [0.1, 0.15) is 30.7 Å². The standard InChI is InChI=1S/C14H15NO4/c16-13-10-7-4-8-14(13,17)12(15(18)19)11(10)9-5-2-1-3-6-9/h1-3,5-6,10-12,17H,4,7-8H2/t10?,11-,12+,14?/m1/s1. The van der Waals surface area contributed by atoms with Crippen molar-refractivity contribution in [3.63, 3.8) is 0 Å². The number of fused-ring (bicyclic) bond motifs is 2. The van der Waals surface area contributed by atoms with E-state index in [1.807, 2.05) is 18.2 Å². The van der Waals surface area contributed by atoms with Gasteiger partial charge in [0.1, 0.15) is 0 Å². The molecule has 0 radical (unpaired) electrons. The maximum atomic E-state index is 12.3. The van der Waals surface area contributed by atoms with Gasteiger partial charge in [-0.15, -0.1) is 0 Å². The summed E-state index contributed by atoms with van der Waals surface area (Å²) < 4.78 is 0. The van der Waals surface area contributed by atoms with Crippen molar-refractivity contribution in [2.45, 2.75) is 36.8 Å². The summed E-state index contributed by atoms with van der Waals surface area (Å²) in [6, 6.07) is 7.85. The molecule has 5 nitrogen and oxygen atoms in total. The van der Waals surface area contributed by atoms with E-state index in [2.05, 4.69) is 0 Å². The van der Waals surface area contributed by atoms with Crippen LogP contribution in [0.5, 0.6) is 0 Å². The number of carbonyl (C=O) groups excluding carboxylic acids is 1. The molecule has 0 heterocycles. The van der Waals surface area contributed by atoms with E-state index in [0.717, 1.165) is 5.56 Å². The number of Topliss-reactive ketones (excluding diaryl/α,β-unsaturated/α-hetero) is 1. The monoisotopic (exact) mass is 261 g/mol. The van der Waals surface area contributed by atoms with Gasteiger partial charge < -0.3 is 5.11 Å². The van der Waals surface area contributed by atoms with Crippen LogP contribution >= 0.6 is 0 Å². The summed E-state index contributed by atoms with van der Waals surface area (Å²) in [5.41, 5.74) is -0.993. The van der Waals surface area contributed by atoms with Crippen molar-refractivity contribution >= 4 is 5.78 Å². The molecule has 0 amide bonds. The van der Waals surface area contributed by atoms with Gasteiger partial charge >= 0.3 is 0 Å². The van der Waals surface area contributed by atoms with Gasteiger partial charge in [-0.05, 0) is 24.8 Å². The van der Waals surface area contributed by atoms with Crippen LogP contribution in [0.3, 0.4) is 0 Å². The molecule has 19 heavy (non-hydrogen) atoms. The van der Waals surface area contributed by atoms with E-state index in [1.54, 1.807) is 12.1 Å². The molecule has 4 atom stereocenters. The fourth-order valence-corrected chi connectivity index (χ4v) is 3.72. The second-order valence-corrected chi connectivity index (χ2v) is 5.45. The van der Waals surface area contributed by atoms with Crippen molar-refractivity contribution in [3.8, 4) is 0 Å². The van der Waals surface area contributed by atoms with Crippen LogP contribution in [-0.4, -0.2) is 27.5 Å². The molecular weight excluding hydrogens is 246 g/mol. The molecule has 3 rings (SSSR count). The number of benzene rings is 1. The fourth-order valence-electron chi connectivity index (χ4n) is 3.72. The molecule has 2 bridgehead atoms.